The van der Waals surface area contributed by atoms with E-state index in [0.717, 1.165) is 18.5 Å². The van der Waals surface area contributed by atoms with Gasteiger partial charge in [0, 0.05) is 6.04 Å². The van der Waals surface area contributed by atoms with Gasteiger partial charge in [0.1, 0.15) is 0 Å². The Morgan fingerprint density at radius 1 is 1.15 bits per heavy atom. The predicted octanol–water partition coefficient (Wildman–Crippen LogP) is 2.16. The Balaban J connectivity index is 1.99. The Bertz CT molecular complexity index is 205. The fourth-order valence-electron chi connectivity index (χ4n) is 3.02. The summed E-state index contributed by atoms with van der Waals surface area (Å²) >= 11 is 0. The molecule has 2 heteroatoms. The van der Waals surface area contributed by atoms with E-state index in [4.69, 9.17) is 5.26 Å². The van der Waals surface area contributed by atoms with Crippen molar-refractivity contribution >= 4 is 0 Å². The highest BCUT2D eigenvalue weighted by Gasteiger charge is 2.32. The van der Waals surface area contributed by atoms with Crippen molar-refractivity contribution in [2.75, 3.05) is 13.1 Å². The smallest absolute Gasteiger partial charge is 0.0868 e. The van der Waals surface area contributed by atoms with E-state index < -0.39 is 0 Å². The molecule has 2 nitrogen and oxygen atoms in total. The lowest BCUT2D eigenvalue weighted by Gasteiger charge is -2.43. The molecule has 0 N–H and O–H groups in total. The van der Waals surface area contributed by atoms with Crippen LogP contribution >= 0.6 is 0 Å². The van der Waals surface area contributed by atoms with Crippen LogP contribution in [0.3, 0.4) is 0 Å². The van der Waals surface area contributed by atoms with Crippen molar-refractivity contribution in [1.82, 2.24) is 4.90 Å². The van der Waals surface area contributed by atoms with Crippen molar-refractivity contribution in [2.45, 2.75) is 44.6 Å². The molecule has 2 atom stereocenters. The van der Waals surface area contributed by atoms with Gasteiger partial charge in [-0.25, -0.2) is 0 Å². The third-order valence-electron chi connectivity index (χ3n) is 3.63. The summed E-state index contributed by atoms with van der Waals surface area (Å²) in [6.07, 6.45) is 8.26. The van der Waals surface area contributed by atoms with Crippen LogP contribution < -0.4 is 0 Å². The normalized spacial score (nSPS) is 35.0. The van der Waals surface area contributed by atoms with E-state index in [-0.39, 0.29) is 0 Å². The first-order valence-electron chi connectivity index (χ1n) is 5.53. The van der Waals surface area contributed by atoms with E-state index in [0.29, 0.717) is 6.54 Å². The summed E-state index contributed by atoms with van der Waals surface area (Å²) in [4.78, 5) is 2.41. The fourth-order valence-corrected chi connectivity index (χ4v) is 3.02. The van der Waals surface area contributed by atoms with Crippen molar-refractivity contribution in [3.63, 3.8) is 0 Å². The number of nitriles is 1. The zero-order valence-corrected chi connectivity index (χ0v) is 8.21. The molecule has 1 saturated heterocycles. The van der Waals surface area contributed by atoms with Gasteiger partial charge in [-0.15, -0.1) is 0 Å². The van der Waals surface area contributed by atoms with Gasteiger partial charge in [0.05, 0.1) is 12.6 Å². The summed E-state index contributed by atoms with van der Waals surface area (Å²) in [7, 11) is 0. The highest BCUT2D eigenvalue weighted by Crippen LogP contribution is 2.34. The van der Waals surface area contributed by atoms with Crippen LogP contribution in [0, 0.1) is 17.2 Å². The van der Waals surface area contributed by atoms with Crippen molar-refractivity contribution in [1.29, 1.82) is 5.26 Å². The van der Waals surface area contributed by atoms with Gasteiger partial charge in [-0.3, -0.25) is 4.90 Å². The number of hydrogen-bond donors (Lipinski definition) is 0. The molecule has 0 bridgehead atoms. The van der Waals surface area contributed by atoms with Crippen LogP contribution in [-0.4, -0.2) is 24.0 Å². The zero-order chi connectivity index (χ0) is 9.10. The average molecular weight is 178 g/mol. The molecule has 0 spiro atoms. The highest BCUT2D eigenvalue weighted by atomic mass is 15.2. The Kier molecular flexibility index (Phi) is 2.85. The molecule has 2 rings (SSSR count). The van der Waals surface area contributed by atoms with Gasteiger partial charge < -0.3 is 0 Å². The number of rotatable bonds is 1. The first-order chi connectivity index (χ1) is 6.42. The summed E-state index contributed by atoms with van der Waals surface area (Å²) in [6.45, 7) is 1.82. The Hall–Kier alpha value is -0.550. The Labute approximate surface area is 80.5 Å². The lowest BCUT2D eigenvalue weighted by atomic mass is 9.78. The molecular formula is C11H18N2. The molecule has 1 aliphatic heterocycles. The predicted molar refractivity (Wildman–Crippen MR) is 52.2 cm³/mol. The summed E-state index contributed by atoms with van der Waals surface area (Å²) in [5, 5.41) is 8.72. The number of hydrogen-bond acceptors (Lipinski definition) is 2. The second kappa shape index (κ2) is 4.11. The maximum atomic E-state index is 8.72. The van der Waals surface area contributed by atoms with E-state index in [1.54, 1.807) is 0 Å². The van der Waals surface area contributed by atoms with Crippen molar-refractivity contribution in [3.05, 3.63) is 0 Å². The van der Waals surface area contributed by atoms with Crippen LogP contribution in [0.5, 0.6) is 0 Å². The average Bonchev–Trinajstić information content (AvgIpc) is 2.19. The third-order valence-corrected chi connectivity index (χ3v) is 3.63. The lowest BCUT2D eigenvalue weighted by molar-refractivity contribution is 0.0725. The number of nitrogens with zero attached hydrogens (tertiary/aromatic N) is 2. The van der Waals surface area contributed by atoms with Crippen LogP contribution in [0.15, 0.2) is 0 Å². The molecule has 1 saturated carbocycles. The quantitative estimate of drug-likeness (QED) is 0.575. The van der Waals surface area contributed by atoms with Gasteiger partial charge in [0.2, 0.25) is 0 Å². The number of fused-ring (bicyclic) bond motifs is 1. The van der Waals surface area contributed by atoms with Crippen LogP contribution in [0.25, 0.3) is 0 Å². The molecule has 0 aromatic rings. The minimum atomic E-state index is 0.654. The van der Waals surface area contributed by atoms with E-state index in [9.17, 15) is 0 Å². The standard InChI is InChI=1S/C11H18N2/c12-7-9-13-8-3-5-10-4-1-2-6-11(10)13/h10-11H,1-6,8-9H2/t10-,11-/m0/s1. The summed E-state index contributed by atoms with van der Waals surface area (Å²) < 4.78 is 0. The molecule has 13 heavy (non-hydrogen) atoms. The van der Waals surface area contributed by atoms with Crippen LogP contribution in [0.1, 0.15) is 38.5 Å². The molecule has 0 aromatic heterocycles. The molecular weight excluding hydrogens is 160 g/mol. The number of likely N-dealkylation sites (tertiary alicyclic amines) is 1. The van der Waals surface area contributed by atoms with E-state index in [2.05, 4.69) is 11.0 Å². The van der Waals surface area contributed by atoms with Crippen LogP contribution in [0.4, 0.5) is 0 Å². The van der Waals surface area contributed by atoms with Crippen LogP contribution in [0.2, 0.25) is 0 Å². The molecule has 0 radical (unpaired) electrons. The minimum Gasteiger partial charge on any atom is -0.287 e. The topological polar surface area (TPSA) is 27.0 Å². The first-order valence-corrected chi connectivity index (χ1v) is 5.53. The van der Waals surface area contributed by atoms with Gasteiger partial charge in [-0.05, 0) is 38.1 Å². The monoisotopic (exact) mass is 178 g/mol. The van der Waals surface area contributed by atoms with E-state index >= 15 is 0 Å². The van der Waals surface area contributed by atoms with Crippen LogP contribution in [-0.2, 0) is 0 Å². The first kappa shape index (κ1) is 9.02. The molecule has 0 amide bonds. The zero-order valence-electron chi connectivity index (χ0n) is 8.21. The minimum absolute atomic E-state index is 0.654. The molecule has 1 heterocycles. The van der Waals surface area contributed by atoms with E-state index in [1.165, 1.54) is 38.5 Å². The maximum Gasteiger partial charge on any atom is 0.0868 e. The Morgan fingerprint density at radius 3 is 2.77 bits per heavy atom. The molecule has 2 aliphatic rings. The second-order valence-corrected chi connectivity index (χ2v) is 4.38. The van der Waals surface area contributed by atoms with Gasteiger partial charge in [0.25, 0.3) is 0 Å². The molecule has 1 aliphatic carbocycles. The van der Waals surface area contributed by atoms with Gasteiger partial charge in [0.15, 0.2) is 0 Å². The molecule has 72 valence electrons. The van der Waals surface area contributed by atoms with Gasteiger partial charge in [-0.1, -0.05) is 12.8 Å². The summed E-state index contributed by atoms with van der Waals surface area (Å²) in [5.41, 5.74) is 0. The van der Waals surface area contributed by atoms with E-state index in [1.807, 2.05) is 0 Å². The largest absolute Gasteiger partial charge is 0.287 e. The van der Waals surface area contributed by atoms with Gasteiger partial charge >= 0.3 is 0 Å². The SMILES string of the molecule is N#CCN1CCC[C@@H]2CCCC[C@@H]21. The summed E-state index contributed by atoms with van der Waals surface area (Å²) in [6, 6.07) is 3.05. The molecule has 2 fully saturated rings. The second-order valence-electron chi connectivity index (χ2n) is 4.38. The highest BCUT2D eigenvalue weighted by molar-refractivity contribution is 4.90. The summed E-state index contributed by atoms with van der Waals surface area (Å²) in [5.74, 6) is 0.913. The number of piperidine rings is 1. The van der Waals surface area contributed by atoms with Crippen molar-refractivity contribution in [2.24, 2.45) is 5.92 Å². The van der Waals surface area contributed by atoms with Gasteiger partial charge in [-0.2, -0.15) is 5.26 Å². The van der Waals surface area contributed by atoms with Crippen molar-refractivity contribution in [3.8, 4) is 6.07 Å². The third kappa shape index (κ3) is 1.86. The Morgan fingerprint density at radius 2 is 1.92 bits per heavy atom. The maximum absolute atomic E-state index is 8.72. The fraction of sp³-hybridized carbons (Fsp3) is 0.909. The molecule has 0 unspecified atom stereocenters. The molecule has 0 aromatic carbocycles. The lowest BCUT2D eigenvalue weighted by Crippen LogP contribution is -2.46. The van der Waals surface area contributed by atoms with Crippen molar-refractivity contribution < 1.29 is 0 Å².